The third-order valence-electron chi connectivity index (χ3n) is 6.80. The molecule has 34 heavy (non-hydrogen) atoms. The third-order valence-corrected chi connectivity index (χ3v) is 7.06. The van der Waals surface area contributed by atoms with Crippen molar-refractivity contribution in [2.45, 2.75) is 25.8 Å². The fraction of sp³-hybridized carbons (Fsp3) is 0.370. The molecule has 3 heterocycles. The summed E-state index contributed by atoms with van der Waals surface area (Å²) in [6.45, 7) is 5.72. The van der Waals surface area contributed by atoms with Crippen LogP contribution in [0.25, 0.3) is 11.1 Å². The van der Waals surface area contributed by atoms with Gasteiger partial charge in [0.05, 0.1) is 33.4 Å². The van der Waals surface area contributed by atoms with E-state index < -0.39 is 0 Å². The second kappa shape index (κ2) is 10.1. The van der Waals surface area contributed by atoms with Crippen molar-refractivity contribution in [3.8, 4) is 22.6 Å². The van der Waals surface area contributed by atoms with Crippen LogP contribution in [0, 0.1) is 0 Å². The van der Waals surface area contributed by atoms with Gasteiger partial charge in [0.2, 0.25) is 0 Å². The molecule has 7 heteroatoms. The molecule has 5 rings (SSSR count). The molecule has 0 saturated carbocycles. The molecule has 0 radical (unpaired) electrons. The van der Waals surface area contributed by atoms with E-state index in [-0.39, 0.29) is 5.91 Å². The predicted octanol–water partition coefficient (Wildman–Crippen LogP) is 3.93. The van der Waals surface area contributed by atoms with Gasteiger partial charge in [0.1, 0.15) is 5.69 Å². The monoisotopic (exact) mass is 480 g/mol. The van der Waals surface area contributed by atoms with Crippen LogP contribution >= 0.6 is 11.6 Å². The van der Waals surface area contributed by atoms with Crippen LogP contribution in [0.15, 0.2) is 54.7 Å². The Hall–Kier alpha value is -2.96. The number of hydrogen-bond donors (Lipinski definition) is 1. The van der Waals surface area contributed by atoms with Gasteiger partial charge >= 0.3 is 0 Å². The summed E-state index contributed by atoms with van der Waals surface area (Å²) in [7, 11) is 1.64. The normalized spacial score (nSPS) is 16.1. The number of carbonyl (C=O) groups excluding carboxylic acids is 1. The molecule has 2 aliphatic heterocycles. The Balaban J connectivity index is 1.27. The lowest BCUT2D eigenvalue weighted by molar-refractivity contribution is -0.887. The standard InChI is InChI=1S/C27H30ClN3O3/c1-33-26-18-23(9-10-25(26)34-16-4-13-29-11-2-3-12-29)31-15-14-30-19-21(17-24(30)27(31)32)20-5-7-22(28)8-6-20/h5-10,17-19H,2-4,11-16H2,1H3/p+1. The average molecular weight is 481 g/mol. The number of halogens is 1. The molecule has 2 aliphatic rings. The van der Waals surface area contributed by atoms with E-state index in [0.29, 0.717) is 29.6 Å². The van der Waals surface area contributed by atoms with E-state index in [4.69, 9.17) is 21.1 Å². The van der Waals surface area contributed by atoms with Gasteiger partial charge in [0.25, 0.3) is 5.91 Å². The topological polar surface area (TPSA) is 48.1 Å². The number of benzene rings is 2. The number of likely N-dealkylation sites (tertiary alicyclic amines) is 1. The van der Waals surface area contributed by atoms with Crippen molar-refractivity contribution in [1.82, 2.24) is 4.57 Å². The van der Waals surface area contributed by atoms with Gasteiger partial charge in [0, 0.05) is 60.9 Å². The molecule has 178 valence electrons. The molecule has 6 nitrogen and oxygen atoms in total. The van der Waals surface area contributed by atoms with E-state index in [0.717, 1.165) is 42.1 Å². The predicted molar refractivity (Wildman–Crippen MR) is 134 cm³/mol. The molecule has 2 aromatic carbocycles. The Kier molecular flexibility index (Phi) is 6.79. The van der Waals surface area contributed by atoms with Crippen molar-refractivity contribution in [2.24, 2.45) is 0 Å². The fourth-order valence-electron chi connectivity index (χ4n) is 4.94. The minimum atomic E-state index is -0.0178. The van der Waals surface area contributed by atoms with Crippen LogP contribution in [-0.4, -0.2) is 50.4 Å². The number of quaternary nitrogens is 1. The number of anilines is 1. The number of methoxy groups -OCH3 is 1. The Morgan fingerprint density at radius 2 is 1.76 bits per heavy atom. The van der Waals surface area contributed by atoms with Gasteiger partial charge in [-0.05, 0) is 35.9 Å². The van der Waals surface area contributed by atoms with Gasteiger partial charge in [-0.3, -0.25) is 4.79 Å². The molecule has 1 saturated heterocycles. The quantitative estimate of drug-likeness (QED) is 0.497. The van der Waals surface area contributed by atoms with Crippen LogP contribution in [0.4, 0.5) is 5.69 Å². The summed E-state index contributed by atoms with van der Waals surface area (Å²) in [5.41, 5.74) is 3.55. The van der Waals surface area contributed by atoms with Crippen molar-refractivity contribution >= 4 is 23.2 Å². The van der Waals surface area contributed by atoms with Gasteiger partial charge in [-0.25, -0.2) is 0 Å². The second-order valence-electron chi connectivity index (χ2n) is 9.02. The fourth-order valence-corrected chi connectivity index (χ4v) is 5.07. The maximum Gasteiger partial charge on any atom is 0.274 e. The summed E-state index contributed by atoms with van der Waals surface area (Å²) in [6.07, 6.45) is 5.74. The number of nitrogens with one attached hydrogen (secondary N) is 1. The second-order valence-corrected chi connectivity index (χ2v) is 9.45. The van der Waals surface area contributed by atoms with Crippen LogP contribution in [0.3, 0.4) is 0 Å². The number of nitrogens with zero attached hydrogens (tertiary/aromatic N) is 2. The van der Waals surface area contributed by atoms with Crippen LogP contribution < -0.4 is 19.3 Å². The maximum absolute atomic E-state index is 13.3. The zero-order valence-corrected chi connectivity index (χ0v) is 20.3. The Morgan fingerprint density at radius 1 is 0.971 bits per heavy atom. The van der Waals surface area contributed by atoms with Crippen LogP contribution in [0.5, 0.6) is 11.5 Å². The number of rotatable bonds is 8. The third kappa shape index (κ3) is 4.79. The highest BCUT2D eigenvalue weighted by molar-refractivity contribution is 6.30. The van der Waals surface area contributed by atoms with Crippen molar-refractivity contribution in [3.63, 3.8) is 0 Å². The van der Waals surface area contributed by atoms with E-state index in [1.807, 2.05) is 64.2 Å². The first-order valence-electron chi connectivity index (χ1n) is 12.0. The molecule has 0 unspecified atom stereocenters. The number of carbonyl (C=O) groups is 1. The lowest BCUT2D eigenvalue weighted by Crippen LogP contribution is -3.10. The summed E-state index contributed by atoms with van der Waals surface area (Å²) in [5.74, 6) is 1.36. The lowest BCUT2D eigenvalue weighted by atomic mass is 10.1. The summed E-state index contributed by atoms with van der Waals surface area (Å²) >= 11 is 6.02. The van der Waals surface area contributed by atoms with Crippen LogP contribution in [0.2, 0.25) is 5.02 Å². The number of fused-ring (bicyclic) bond motifs is 1. The van der Waals surface area contributed by atoms with Gasteiger partial charge in [-0.1, -0.05) is 23.7 Å². The van der Waals surface area contributed by atoms with Crippen LogP contribution in [-0.2, 0) is 6.54 Å². The molecule has 1 N–H and O–H groups in total. The van der Waals surface area contributed by atoms with Crippen molar-refractivity contribution in [2.75, 3.05) is 44.8 Å². The summed E-state index contributed by atoms with van der Waals surface area (Å²) in [6, 6.07) is 15.4. The minimum Gasteiger partial charge on any atom is -0.493 e. The zero-order chi connectivity index (χ0) is 23.5. The first kappa shape index (κ1) is 22.8. The molecule has 1 fully saturated rings. The lowest BCUT2D eigenvalue weighted by Gasteiger charge is -2.29. The van der Waals surface area contributed by atoms with E-state index in [2.05, 4.69) is 0 Å². The summed E-state index contributed by atoms with van der Waals surface area (Å²) < 4.78 is 13.6. The number of ether oxygens (including phenoxy) is 2. The van der Waals surface area contributed by atoms with E-state index >= 15 is 0 Å². The molecular weight excluding hydrogens is 450 g/mol. The smallest absolute Gasteiger partial charge is 0.274 e. The van der Waals surface area contributed by atoms with Crippen LogP contribution in [0.1, 0.15) is 29.8 Å². The highest BCUT2D eigenvalue weighted by Crippen LogP contribution is 2.34. The molecule has 0 bridgehead atoms. The molecular formula is C27H31ClN3O3+. The Bertz CT molecular complexity index is 1150. The Labute approximate surface area is 205 Å². The number of aromatic nitrogens is 1. The van der Waals surface area contributed by atoms with Gasteiger partial charge < -0.3 is 23.8 Å². The van der Waals surface area contributed by atoms with Gasteiger partial charge in [-0.15, -0.1) is 0 Å². The SMILES string of the molecule is COc1cc(N2CCn3cc(-c4ccc(Cl)cc4)cc3C2=O)ccc1OCCC[NH+]1CCCC1. The minimum absolute atomic E-state index is 0.0178. The van der Waals surface area contributed by atoms with E-state index in [1.165, 1.54) is 25.9 Å². The molecule has 1 amide bonds. The number of amides is 1. The maximum atomic E-state index is 13.3. The first-order chi connectivity index (χ1) is 16.6. The molecule has 3 aromatic rings. The van der Waals surface area contributed by atoms with E-state index in [9.17, 15) is 4.79 Å². The molecule has 1 aromatic heterocycles. The first-order valence-corrected chi connectivity index (χ1v) is 12.4. The average Bonchev–Trinajstić information content (AvgIpc) is 3.53. The van der Waals surface area contributed by atoms with Gasteiger partial charge in [-0.2, -0.15) is 0 Å². The Morgan fingerprint density at radius 3 is 2.53 bits per heavy atom. The van der Waals surface area contributed by atoms with Crippen molar-refractivity contribution in [1.29, 1.82) is 0 Å². The van der Waals surface area contributed by atoms with E-state index in [1.54, 1.807) is 12.0 Å². The highest BCUT2D eigenvalue weighted by Gasteiger charge is 2.27. The summed E-state index contributed by atoms with van der Waals surface area (Å²) in [4.78, 5) is 16.8. The molecule has 0 atom stereocenters. The number of hydrogen-bond acceptors (Lipinski definition) is 3. The van der Waals surface area contributed by atoms with Crippen molar-refractivity contribution < 1.29 is 19.2 Å². The van der Waals surface area contributed by atoms with Gasteiger partial charge in [0.15, 0.2) is 11.5 Å². The summed E-state index contributed by atoms with van der Waals surface area (Å²) in [5, 5.41) is 0.698. The van der Waals surface area contributed by atoms with Crippen molar-refractivity contribution in [3.05, 3.63) is 65.4 Å². The highest BCUT2D eigenvalue weighted by atomic mass is 35.5. The molecule has 0 aliphatic carbocycles. The largest absolute Gasteiger partial charge is 0.493 e. The molecule has 0 spiro atoms. The zero-order valence-electron chi connectivity index (χ0n) is 19.6.